The Kier molecular flexibility index (Phi) is 5.46. The minimum atomic E-state index is 0.0559. The van der Waals surface area contributed by atoms with Crippen LogP contribution in [0.15, 0.2) is 72.8 Å². The van der Waals surface area contributed by atoms with Crippen LogP contribution in [0.25, 0.3) is 10.8 Å². The van der Waals surface area contributed by atoms with Crippen molar-refractivity contribution < 1.29 is 9.53 Å². The summed E-state index contributed by atoms with van der Waals surface area (Å²) in [5, 5.41) is 5.15. The SMILES string of the molecule is O=C(CCc1ccccc1)NCCOc1cccc2ccccc12. The van der Waals surface area contributed by atoms with Crippen molar-refractivity contribution in [2.75, 3.05) is 13.2 Å². The predicted molar refractivity (Wildman–Crippen MR) is 97.2 cm³/mol. The topological polar surface area (TPSA) is 38.3 Å². The standard InChI is InChI=1S/C21H21NO2/c23-21(14-13-17-7-2-1-3-8-17)22-15-16-24-20-12-6-10-18-9-4-5-11-19(18)20/h1-12H,13-16H2,(H,22,23). The van der Waals surface area contributed by atoms with E-state index in [4.69, 9.17) is 4.74 Å². The van der Waals surface area contributed by atoms with Gasteiger partial charge in [0, 0.05) is 11.8 Å². The molecule has 0 spiro atoms. The van der Waals surface area contributed by atoms with Crippen molar-refractivity contribution in [2.24, 2.45) is 0 Å². The molecule has 0 aromatic heterocycles. The molecule has 3 rings (SSSR count). The quantitative estimate of drug-likeness (QED) is 0.669. The van der Waals surface area contributed by atoms with Gasteiger partial charge in [0.05, 0.1) is 6.54 Å². The zero-order valence-corrected chi connectivity index (χ0v) is 13.6. The third kappa shape index (κ3) is 4.35. The van der Waals surface area contributed by atoms with Crippen molar-refractivity contribution in [3.63, 3.8) is 0 Å². The first-order chi connectivity index (χ1) is 11.8. The third-order valence-corrected chi connectivity index (χ3v) is 3.91. The highest BCUT2D eigenvalue weighted by molar-refractivity contribution is 5.88. The van der Waals surface area contributed by atoms with E-state index in [0.717, 1.165) is 22.9 Å². The van der Waals surface area contributed by atoms with Crippen molar-refractivity contribution in [1.29, 1.82) is 0 Å². The van der Waals surface area contributed by atoms with Crippen LogP contribution in [-0.2, 0) is 11.2 Å². The number of hydrogen-bond donors (Lipinski definition) is 1. The van der Waals surface area contributed by atoms with E-state index in [-0.39, 0.29) is 5.91 Å². The maximum atomic E-state index is 11.9. The van der Waals surface area contributed by atoms with Crippen molar-refractivity contribution in [3.8, 4) is 5.75 Å². The largest absolute Gasteiger partial charge is 0.491 e. The minimum Gasteiger partial charge on any atom is -0.491 e. The van der Waals surface area contributed by atoms with Crippen molar-refractivity contribution in [2.45, 2.75) is 12.8 Å². The first kappa shape index (κ1) is 16.1. The van der Waals surface area contributed by atoms with Gasteiger partial charge in [0.15, 0.2) is 0 Å². The van der Waals surface area contributed by atoms with E-state index in [1.54, 1.807) is 0 Å². The van der Waals surface area contributed by atoms with Gasteiger partial charge in [-0.05, 0) is 23.4 Å². The van der Waals surface area contributed by atoms with Crippen LogP contribution in [-0.4, -0.2) is 19.1 Å². The molecule has 0 radical (unpaired) electrons. The second-order valence-corrected chi connectivity index (χ2v) is 5.66. The molecule has 0 aliphatic rings. The number of rotatable bonds is 7. The van der Waals surface area contributed by atoms with Crippen LogP contribution in [0.1, 0.15) is 12.0 Å². The van der Waals surface area contributed by atoms with Gasteiger partial charge in [-0.15, -0.1) is 0 Å². The lowest BCUT2D eigenvalue weighted by molar-refractivity contribution is -0.121. The fourth-order valence-electron chi connectivity index (χ4n) is 2.66. The number of benzene rings is 3. The Bertz CT molecular complexity index is 794. The summed E-state index contributed by atoms with van der Waals surface area (Å²) in [5.74, 6) is 0.909. The molecule has 0 unspecified atom stereocenters. The van der Waals surface area contributed by atoms with Crippen LogP contribution in [0.5, 0.6) is 5.75 Å². The molecule has 0 fully saturated rings. The van der Waals surface area contributed by atoms with Crippen molar-refractivity contribution in [1.82, 2.24) is 5.32 Å². The average molecular weight is 319 g/mol. The van der Waals surface area contributed by atoms with E-state index < -0.39 is 0 Å². The molecule has 1 amide bonds. The van der Waals surface area contributed by atoms with Crippen LogP contribution in [0.3, 0.4) is 0 Å². The molecule has 1 N–H and O–H groups in total. The zero-order valence-electron chi connectivity index (χ0n) is 13.6. The second kappa shape index (κ2) is 8.16. The number of amides is 1. The van der Waals surface area contributed by atoms with Gasteiger partial charge in [0.1, 0.15) is 12.4 Å². The Morgan fingerprint density at radius 1 is 0.875 bits per heavy atom. The Morgan fingerprint density at radius 3 is 2.50 bits per heavy atom. The average Bonchev–Trinajstić information content (AvgIpc) is 2.64. The molecule has 0 aliphatic carbocycles. The Balaban J connectivity index is 1.42. The van der Waals surface area contributed by atoms with Crippen molar-refractivity contribution >= 4 is 16.7 Å². The zero-order chi connectivity index (χ0) is 16.6. The predicted octanol–water partition coefficient (Wildman–Crippen LogP) is 3.97. The summed E-state index contributed by atoms with van der Waals surface area (Å²) in [6.07, 6.45) is 1.26. The first-order valence-electron chi connectivity index (χ1n) is 8.24. The Hall–Kier alpha value is -2.81. The fraction of sp³-hybridized carbons (Fsp3) is 0.190. The Morgan fingerprint density at radius 2 is 1.62 bits per heavy atom. The lowest BCUT2D eigenvalue weighted by atomic mass is 10.1. The summed E-state index contributed by atoms with van der Waals surface area (Å²) in [6.45, 7) is 0.974. The molecule has 0 heterocycles. The summed E-state index contributed by atoms with van der Waals surface area (Å²) in [4.78, 5) is 11.9. The van der Waals surface area contributed by atoms with Crippen LogP contribution in [0.2, 0.25) is 0 Å². The number of carbonyl (C=O) groups is 1. The van der Waals surface area contributed by atoms with Gasteiger partial charge in [0.25, 0.3) is 0 Å². The third-order valence-electron chi connectivity index (χ3n) is 3.91. The summed E-state index contributed by atoms with van der Waals surface area (Å²) < 4.78 is 5.82. The van der Waals surface area contributed by atoms with E-state index in [0.29, 0.717) is 19.6 Å². The fourth-order valence-corrected chi connectivity index (χ4v) is 2.66. The molecular formula is C21H21NO2. The highest BCUT2D eigenvalue weighted by Gasteiger charge is 2.03. The Labute approximate surface area is 142 Å². The molecule has 0 aliphatic heterocycles. The van der Waals surface area contributed by atoms with E-state index >= 15 is 0 Å². The molecule has 0 atom stereocenters. The maximum absolute atomic E-state index is 11.9. The molecule has 24 heavy (non-hydrogen) atoms. The molecular weight excluding hydrogens is 298 g/mol. The molecule has 122 valence electrons. The number of aryl methyl sites for hydroxylation is 1. The van der Waals surface area contributed by atoms with Gasteiger partial charge in [-0.3, -0.25) is 4.79 Å². The van der Waals surface area contributed by atoms with Crippen LogP contribution in [0.4, 0.5) is 0 Å². The molecule has 3 aromatic rings. The van der Waals surface area contributed by atoms with Gasteiger partial charge < -0.3 is 10.1 Å². The summed E-state index contributed by atoms with van der Waals surface area (Å²) in [7, 11) is 0. The van der Waals surface area contributed by atoms with Gasteiger partial charge in [-0.1, -0.05) is 66.7 Å². The van der Waals surface area contributed by atoms with Gasteiger partial charge in [0.2, 0.25) is 5.91 Å². The van der Waals surface area contributed by atoms with Crippen molar-refractivity contribution in [3.05, 3.63) is 78.4 Å². The molecule has 3 aromatic carbocycles. The van der Waals surface area contributed by atoms with Gasteiger partial charge >= 0.3 is 0 Å². The normalized spacial score (nSPS) is 10.5. The molecule has 0 bridgehead atoms. The highest BCUT2D eigenvalue weighted by atomic mass is 16.5. The number of ether oxygens (including phenoxy) is 1. The lowest BCUT2D eigenvalue weighted by Crippen LogP contribution is -2.28. The molecule has 3 heteroatoms. The van der Waals surface area contributed by atoms with Gasteiger partial charge in [-0.25, -0.2) is 0 Å². The van der Waals surface area contributed by atoms with E-state index in [9.17, 15) is 4.79 Å². The number of fused-ring (bicyclic) bond motifs is 1. The molecule has 0 saturated heterocycles. The van der Waals surface area contributed by atoms with E-state index in [2.05, 4.69) is 17.4 Å². The van der Waals surface area contributed by atoms with E-state index in [1.807, 2.05) is 60.7 Å². The summed E-state index contributed by atoms with van der Waals surface area (Å²) in [5.41, 5.74) is 1.18. The first-order valence-corrected chi connectivity index (χ1v) is 8.24. The summed E-state index contributed by atoms with van der Waals surface area (Å²) in [6, 6.07) is 24.2. The number of nitrogens with one attached hydrogen (secondary N) is 1. The maximum Gasteiger partial charge on any atom is 0.220 e. The smallest absolute Gasteiger partial charge is 0.220 e. The van der Waals surface area contributed by atoms with Gasteiger partial charge in [-0.2, -0.15) is 0 Å². The second-order valence-electron chi connectivity index (χ2n) is 5.66. The molecule has 0 saturated carbocycles. The van der Waals surface area contributed by atoms with Crippen LogP contribution < -0.4 is 10.1 Å². The minimum absolute atomic E-state index is 0.0559. The number of carbonyl (C=O) groups excluding carboxylic acids is 1. The monoisotopic (exact) mass is 319 g/mol. The summed E-state index contributed by atoms with van der Waals surface area (Å²) >= 11 is 0. The lowest BCUT2D eigenvalue weighted by Gasteiger charge is -2.10. The number of hydrogen-bond acceptors (Lipinski definition) is 2. The highest BCUT2D eigenvalue weighted by Crippen LogP contribution is 2.24. The molecule has 3 nitrogen and oxygen atoms in total. The van der Waals surface area contributed by atoms with E-state index in [1.165, 1.54) is 5.56 Å². The van der Waals surface area contributed by atoms with Crippen LogP contribution in [0, 0.1) is 0 Å². The van der Waals surface area contributed by atoms with Crippen LogP contribution >= 0.6 is 0 Å².